The van der Waals surface area contributed by atoms with Gasteiger partial charge < -0.3 is 0 Å². The van der Waals surface area contributed by atoms with Crippen LogP contribution in [-0.4, -0.2) is 0 Å². The van der Waals surface area contributed by atoms with E-state index in [0.717, 1.165) is 0 Å². The van der Waals surface area contributed by atoms with E-state index in [2.05, 4.69) is 0 Å². The first-order chi connectivity index (χ1) is 3.64. The van der Waals surface area contributed by atoms with Crippen LogP contribution < -0.4 is 10.9 Å². The molecule has 0 bridgehead atoms. The number of rotatable bonds is 0. The Morgan fingerprint density at radius 2 is 1.75 bits per heavy atom. The predicted octanol–water partition coefficient (Wildman–Crippen LogP) is 0.541. The molecule has 8 heavy (non-hydrogen) atoms. The molecule has 0 heterocycles. The first-order valence-corrected chi connectivity index (χ1v) is 3.24. The molecular weight excluding hydrogens is 242 g/mol. The third-order valence-electron chi connectivity index (χ3n) is 0.798. The Labute approximate surface area is 63.3 Å². The van der Waals surface area contributed by atoms with Gasteiger partial charge >= 0.3 is 0 Å². The van der Waals surface area contributed by atoms with Crippen molar-refractivity contribution >= 4 is 34.2 Å². The van der Waals surface area contributed by atoms with Crippen LogP contribution in [0.4, 0.5) is 0 Å². The van der Waals surface area contributed by atoms with E-state index in [1.54, 1.807) is 22.6 Å². The molecule has 0 aliphatic rings. The Morgan fingerprint density at radius 3 is 1.88 bits per heavy atom. The zero-order valence-corrected chi connectivity index (χ0v) is 6.49. The molecule has 0 radical (unpaired) electrons. The normalized spacial score (nSPS) is 10.2. The van der Waals surface area contributed by atoms with Gasteiger partial charge in [-0.15, -0.1) is 0 Å². The molecule has 0 saturated heterocycles. The lowest BCUT2D eigenvalue weighted by atomic mass is 10.3. The zero-order chi connectivity index (χ0) is 6.31. The second-order valence-electron chi connectivity index (χ2n) is 1.29. The van der Waals surface area contributed by atoms with Gasteiger partial charge in [-0.25, -0.2) is 0 Å². The van der Waals surface area contributed by atoms with Crippen molar-refractivity contribution in [3.63, 3.8) is 0 Å². The zero-order valence-electron chi connectivity index (χ0n) is 3.57. The topological polar surface area (TPSA) is 34.1 Å². The largest absolute Gasteiger partial charge is 0.284 e. The summed E-state index contributed by atoms with van der Waals surface area (Å²) in [6.07, 6.45) is 0. The summed E-state index contributed by atoms with van der Waals surface area (Å²) >= 11 is 6.98. The molecule has 0 saturated carbocycles. The highest BCUT2D eigenvalue weighted by Gasteiger charge is 2.14. The maximum Gasteiger partial charge on any atom is 0.246 e. The highest BCUT2D eigenvalue weighted by molar-refractivity contribution is 14.1. The Morgan fingerprint density at radius 1 is 1.25 bits per heavy atom. The van der Waals surface area contributed by atoms with Crippen LogP contribution in [0.3, 0.4) is 0 Å². The summed E-state index contributed by atoms with van der Waals surface area (Å²) in [7, 11) is 0. The van der Waals surface area contributed by atoms with Gasteiger partial charge in [0.05, 0.1) is 3.57 Å². The maximum atomic E-state index is 10.3. The quantitative estimate of drug-likeness (QED) is 0.491. The molecule has 0 fully saturated rings. The third kappa shape index (κ3) is 0.612. The Balaban J connectivity index is 3.48. The molecule has 0 atom stereocenters. The third-order valence-corrected chi connectivity index (χ3v) is 2.51. The van der Waals surface area contributed by atoms with Crippen LogP contribution in [0.5, 0.6) is 0 Å². The predicted molar refractivity (Wildman–Crippen MR) is 39.1 cm³/mol. The summed E-state index contributed by atoms with van der Waals surface area (Å²) in [5, 5.41) is 0.0793. The van der Waals surface area contributed by atoms with E-state index in [4.69, 9.17) is 11.6 Å². The molecule has 0 unspecified atom stereocenters. The van der Waals surface area contributed by atoms with Crippen LogP contribution in [0, 0.1) is 3.57 Å². The fourth-order valence-corrected chi connectivity index (χ4v) is 0.998. The number of halogens is 2. The molecule has 0 spiro atoms. The molecular formula is C4ClIO2. The first kappa shape index (κ1) is 6.22. The van der Waals surface area contributed by atoms with E-state index >= 15 is 0 Å². The van der Waals surface area contributed by atoms with E-state index in [-0.39, 0.29) is 5.02 Å². The molecule has 4 heteroatoms. The van der Waals surface area contributed by atoms with Gasteiger partial charge in [0.2, 0.25) is 10.9 Å². The lowest BCUT2D eigenvalue weighted by molar-refractivity contribution is 1.37. The molecule has 1 rings (SSSR count). The van der Waals surface area contributed by atoms with Gasteiger partial charge in [-0.3, -0.25) is 9.59 Å². The van der Waals surface area contributed by atoms with Crippen LogP contribution in [0.2, 0.25) is 5.02 Å². The molecule has 0 aliphatic carbocycles. The van der Waals surface area contributed by atoms with Crippen LogP contribution in [0.15, 0.2) is 9.59 Å². The van der Waals surface area contributed by atoms with E-state index in [1.165, 1.54) is 0 Å². The summed E-state index contributed by atoms with van der Waals surface area (Å²) in [4.78, 5) is 20.5. The van der Waals surface area contributed by atoms with Crippen LogP contribution >= 0.6 is 34.2 Å². The van der Waals surface area contributed by atoms with E-state index in [0.29, 0.717) is 3.57 Å². The SMILES string of the molecule is O=c1c(Cl)c(I)c1=O. The van der Waals surface area contributed by atoms with Gasteiger partial charge in [0, 0.05) is 0 Å². The fourth-order valence-electron chi connectivity index (χ4n) is 0.336. The Kier molecular flexibility index (Phi) is 1.40. The Hall–Kier alpha value is 0.1000. The fraction of sp³-hybridized carbons (Fsp3) is 0. The summed E-state index contributed by atoms with van der Waals surface area (Å²) in [6.45, 7) is 0. The highest BCUT2D eigenvalue weighted by Crippen LogP contribution is 2.09. The van der Waals surface area contributed by atoms with Gasteiger partial charge in [-0.1, -0.05) is 11.6 Å². The number of hydrogen-bond donors (Lipinski definition) is 0. The van der Waals surface area contributed by atoms with Crippen molar-refractivity contribution in [3.8, 4) is 0 Å². The van der Waals surface area contributed by atoms with Crippen molar-refractivity contribution in [3.05, 3.63) is 29.0 Å². The van der Waals surface area contributed by atoms with E-state index in [9.17, 15) is 9.59 Å². The van der Waals surface area contributed by atoms with Crippen molar-refractivity contribution < 1.29 is 0 Å². The van der Waals surface area contributed by atoms with Crippen molar-refractivity contribution in [2.75, 3.05) is 0 Å². The second-order valence-corrected chi connectivity index (χ2v) is 2.74. The van der Waals surface area contributed by atoms with Gasteiger partial charge in [-0.05, 0) is 22.6 Å². The minimum absolute atomic E-state index is 0.0793. The molecule has 0 aromatic heterocycles. The van der Waals surface area contributed by atoms with E-state index < -0.39 is 10.9 Å². The van der Waals surface area contributed by atoms with Crippen LogP contribution in [0.1, 0.15) is 0 Å². The van der Waals surface area contributed by atoms with E-state index in [1.807, 2.05) is 0 Å². The molecule has 1 aromatic carbocycles. The number of hydrogen-bond acceptors (Lipinski definition) is 2. The van der Waals surface area contributed by atoms with Crippen LogP contribution in [0.25, 0.3) is 0 Å². The molecule has 0 amide bonds. The second kappa shape index (κ2) is 1.80. The maximum absolute atomic E-state index is 10.3. The highest BCUT2D eigenvalue weighted by atomic mass is 127. The molecule has 42 valence electrons. The molecule has 1 aromatic rings. The summed E-state index contributed by atoms with van der Waals surface area (Å²) < 4.78 is 0.356. The Bertz CT molecular complexity index is 254. The average molecular weight is 242 g/mol. The van der Waals surface area contributed by atoms with Gasteiger partial charge in [0.25, 0.3) is 0 Å². The van der Waals surface area contributed by atoms with Gasteiger partial charge in [0.15, 0.2) is 0 Å². The van der Waals surface area contributed by atoms with Gasteiger partial charge in [0.1, 0.15) is 5.02 Å². The lowest BCUT2D eigenvalue weighted by Crippen LogP contribution is -2.34. The monoisotopic (exact) mass is 242 g/mol. The summed E-state index contributed by atoms with van der Waals surface area (Å²) in [6, 6.07) is 0. The molecule has 0 aliphatic heterocycles. The lowest BCUT2D eigenvalue weighted by Gasteiger charge is -1.91. The molecule has 2 nitrogen and oxygen atoms in total. The van der Waals surface area contributed by atoms with Crippen molar-refractivity contribution in [1.29, 1.82) is 0 Å². The average Bonchev–Trinajstić information content (AvgIpc) is 1.83. The minimum Gasteiger partial charge on any atom is -0.284 e. The van der Waals surface area contributed by atoms with Crippen molar-refractivity contribution in [1.82, 2.24) is 0 Å². The van der Waals surface area contributed by atoms with Gasteiger partial charge in [-0.2, -0.15) is 0 Å². The summed E-state index contributed by atoms with van der Waals surface area (Å²) in [5.41, 5.74) is -1.02. The standard InChI is InChI=1S/C4ClIO2/c5-1-2(6)4(8)3(1)7. The summed E-state index contributed by atoms with van der Waals surface area (Å²) in [5.74, 6) is 0. The minimum atomic E-state index is -0.559. The first-order valence-electron chi connectivity index (χ1n) is 1.79. The molecule has 0 N–H and O–H groups in total. The van der Waals surface area contributed by atoms with Crippen LogP contribution in [-0.2, 0) is 0 Å². The smallest absolute Gasteiger partial charge is 0.246 e. The van der Waals surface area contributed by atoms with Crippen molar-refractivity contribution in [2.24, 2.45) is 0 Å². The van der Waals surface area contributed by atoms with Crippen molar-refractivity contribution in [2.45, 2.75) is 0 Å².